The lowest BCUT2D eigenvalue weighted by molar-refractivity contribution is 0.332. The first kappa shape index (κ1) is 14.4. The van der Waals surface area contributed by atoms with E-state index in [1.807, 2.05) is 6.07 Å². The highest BCUT2D eigenvalue weighted by Crippen LogP contribution is 2.19. The summed E-state index contributed by atoms with van der Waals surface area (Å²) in [7, 11) is 0. The number of hydrogen-bond acceptors (Lipinski definition) is 2. The van der Waals surface area contributed by atoms with Crippen LogP contribution in [0.15, 0.2) is 36.4 Å². The van der Waals surface area contributed by atoms with E-state index in [1.54, 1.807) is 0 Å². The Morgan fingerprint density at radius 1 is 0.850 bits per heavy atom. The molecule has 2 aromatic rings. The van der Waals surface area contributed by atoms with Gasteiger partial charge in [-0.05, 0) is 62.1 Å². The highest BCUT2D eigenvalue weighted by molar-refractivity contribution is 5.56. The van der Waals surface area contributed by atoms with Gasteiger partial charge in [0.1, 0.15) is 12.4 Å². The molecule has 2 nitrogen and oxygen atoms in total. The van der Waals surface area contributed by atoms with E-state index in [9.17, 15) is 0 Å². The van der Waals surface area contributed by atoms with E-state index in [0.29, 0.717) is 6.61 Å². The molecule has 106 valence electrons. The molecule has 0 saturated carbocycles. The predicted octanol–water partition coefficient (Wildman–Crippen LogP) is 4.41. The van der Waals surface area contributed by atoms with Crippen molar-refractivity contribution in [3.8, 4) is 5.75 Å². The van der Waals surface area contributed by atoms with E-state index in [0.717, 1.165) is 12.3 Å². The van der Waals surface area contributed by atoms with Crippen molar-refractivity contribution in [2.75, 3.05) is 18.5 Å². The Balaban J connectivity index is 1.86. The molecule has 0 radical (unpaired) electrons. The average molecular weight is 269 g/mol. The van der Waals surface area contributed by atoms with Crippen LogP contribution in [-0.4, -0.2) is 13.2 Å². The fraction of sp³-hybridized carbons (Fsp3) is 0.333. The lowest BCUT2D eigenvalue weighted by atomic mass is 10.1. The van der Waals surface area contributed by atoms with Gasteiger partial charge >= 0.3 is 0 Å². The van der Waals surface area contributed by atoms with Crippen molar-refractivity contribution >= 4 is 5.69 Å². The molecule has 0 saturated heterocycles. The first-order chi connectivity index (χ1) is 9.58. The van der Waals surface area contributed by atoms with Crippen molar-refractivity contribution in [2.24, 2.45) is 0 Å². The fourth-order valence-electron chi connectivity index (χ4n) is 2.24. The van der Waals surface area contributed by atoms with Gasteiger partial charge in [0.25, 0.3) is 0 Å². The van der Waals surface area contributed by atoms with Crippen LogP contribution in [0.3, 0.4) is 0 Å². The first-order valence-electron chi connectivity index (χ1n) is 7.08. The molecule has 0 atom stereocenters. The smallest absolute Gasteiger partial charge is 0.119 e. The summed E-state index contributed by atoms with van der Waals surface area (Å²) >= 11 is 0. The molecular formula is C18H23NO. The Morgan fingerprint density at radius 2 is 1.55 bits per heavy atom. The van der Waals surface area contributed by atoms with Gasteiger partial charge in [-0.1, -0.05) is 24.3 Å². The molecule has 0 unspecified atom stereocenters. The van der Waals surface area contributed by atoms with E-state index < -0.39 is 0 Å². The monoisotopic (exact) mass is 269 g/mol. The third-order valence-corrected chi connectivity index (χ3v) is 3.63. The lowest BCUT2D eigenvalue weighted by Crippen LogP contribution is -2.13. The molecule has 0 fully saturated rings. The number of benzene rings is 2. The van der Waals surface area contributed by atoms with Crippen LogP contribution in [0.2, 0.25) is 0 Å². The summed E-state index contributed by atoms with van der Waals surface area (Å²) in [6, 6.07) is 12.6. The van der Waals surface area contributed by atoms with Crippen LogP contribution in [0.25, 0.3) is 0 Å². The molecule has 1 N–H and O–H groups in total. The van der Waals surface area contributed by atoms with E-state index >= 15 is 0 Å². The molecule has 0 aliphatic rings. The van der Waals surface area contributed by atoms with Crippen molar-refractivity contribution in [1.29, 1.82) is 0 Å². The van der Waals surface area contributed by atoms with Gasteiger partial charge in [-0.3, -0.25) is 0 Å². The van der Waals surface area contributed by atoms with Crippen LogP contribution in [0.1, 0.15) is 22.3 Å². The maximum absolute atomic E-state index is 5.78. The second-order valence-electron chi connectivity index (χ2n) is 5.29. The molecule has 0 heterocycles. The Labute approximate surface area is 121 Å². The number of nitrogens with one attached hydrogen (secondary N) is 1. The van der Waals surface area contributed by atoms with Crippen molar-refractivity contribution < 1.29 is 4.74 Å². The van der Waals surface area contributed by atoms with Gasteiger partial charge in [-0.15, -0.1) is 0 Å². The van der Waals surface area contributed by atoms with Crippen LogP contribution in [0.5, 0.6) is 5.75 Å². The second kappa shape index (κ2) is 6.47. The zero-order valence-electron chi connectivity index (χ0n) is 12.8. The van der Waals surface area contributed by atoms with Crippen molar-refractivity contribution in [1.82, 2.24) is 0 Å². The Kier molecular flexibility index (Phi) is 4.67. The lowest BCUT2D eigenvalue weighted by Gasteiger charge is -2.13. The molecule has 0 aliphatic heterocycles. The summed E-state index contributed by atoms with van der Waals surface area (Å²) in [5.74, 6) is 0.941. The summed E-state index contributed by atoms with van der Waals surface area (Å²) in [5, 5.41) is 3.45. The Hall–Kier alpha value is -1.96. The molecule has 0 spiro atoms. The molecule has 0 aliphatic carbocycles. The zero-order valence-corrected chi connectivity index (χ0v) is 12.8. The number of para-hydroxylation sites is 1. The van der Waals surface area contributed by atoms with Crippen molar-refractivity contribution in [3.05, 3.63) is 58.7 Å². The maximum Gasteiger partial charge on any atom is 0.119 e. The molecule has 0 amide bonds. The highest BCUT2D eigenvalue weighted by atomic mass is 16.5. The Morgan fingerprint density at radius 3 is 2.20 bits per heavy atom. The Bertz CT molecular complexity index is 570. The van der Waals surface area contributed by atoms with E-state index in [1.165, 1.54) is 27.9 Å². The van der Waals surface area contributed by atoms with Crippen molar-refractivity contribution in [3.63, 3.8) is 0 Å². The van der Waals surface area contributed by atoms with E-state index in [2.05, 4.69) is 63.3 Å². The summed E-state index contributed by atoms with van der Waals surface area (Å²) in [6.07, 6.45) is 0. The molecule has 2 heteroatoms. The highest BCUT2D eigenvalue weighted by Gasteiger charge is 2.01. The molecule has 2 rings (SSSR count). The minimum Gasteiger partial charge on any atom is -0.492 e. The van der Waals surface area contributed by atoms with Gasteiger partial charge in [0.2, 0.25) is 0 Å². The second-order valence-corrected chi connectivity index (χ2v) is 5.29. The maximum atomic E-state index is 5.78. The molecule has 0 bridgehead atoms. The first-order valence-corrected chi connectivity index (χ1v) is 7.08. The van der Waals surface area contributed by atoms with Gasteiger partial charge in [0.15, 0.2) is 0 Å². The van der Waals surface area contributed by atoms with Crippen LogP contribution < -0.4 is 10.1 Å². The number of aryl methyl sites for hydroxylation is 4. The molecular weight excluding hydrogens is 246 g/mol. The topological polar surface area (TPSA) is 21.3 Å². The number of rotatable bonds is 5. The standard InChI is InChI=1S/C18H23NO/c1-13-8-9-17(12-16(13)4)20-11-10-19-18-14(2)6-5-7-15(18)3/h5-9,12,19H,10-11H2,1-4H3. The quantitative estimate of drug-likeness (QED) is 0.812. The van der Waals surface area contributed by atoms with Crippen LogP contribution in [0, 0.1) is 27.7 Å². The zero-order chi connectivity index (χ0) is 14.5. The predicted molar refractivity (Wildman–Crippen MR) is 85.8 cm³/mol. The van der Waals surface area contributed by atoms with Gasteiger partial charge < -0.3 is 10.1 Å². The number of hydrogen-bond donors (Lipinski definition) is 1. The minimum atomic E-state index is 0.663. The van der Waals surface area contributed by atoms with Crippen LogP contribution in [0.4, 0.5) is 5.69 Å². The van der Waals surface area contributed by atoms with E-state index in [4.69, 9.17) is 4.74 Å². The van der Waals surface area contributed by atoms with E-state index in [-0.39, 0.29) is 0 Å². The van der Waals surface area contributed by atoms with Gasteiger partial charge in [0.05, 0.1) is 0 Å². The van der Waals surface area contributed by atoms with Crippen molar-refractivity contribution in [2.45, 2.75) is 27.7 Å². The molecule has 20 heavy (non-hydrogen) atoms. The molecule has 0 aromatic heterocycles. The summed E-state index contributed by atoms with van der Waals surface area (Å²) in [6.45, 7) is 9.94. The third kappa shape index (κ3) is 3.53. The summed E-state index contributed by atoms with van der Waals surface area (Å²) < 4.78 is 5.78. The normalized spacial score (nSPS) is 10.4. The number of ether oxygens (including phenoxy) is 1. The fourth-order valence-corrected chi connectivity index (χ4v) is 2.24. The minimum absolute atomic E-state index is 0.663. The summed E-state index contributed by atoms with van der Waals surface area (Å²) in [5.41, 5.74) is 6.33. The van der Waals surface area contributed by atoms with Gasteiger partial charge in [0, 0.05) is 12.2 Å². The average Bonchev–Trinajstić information content (AvgIpc) is 2.41. The van der Waals surface area contributed by atoms with Crippen LogP contribution in [-0.2, 0) is 0 Å². The SMILES string of the molecule is Cc1ccc(OCCNc2c(C)cccc2C)cc1C. The van der Waals surface area contributed by atoms with Gasteiger partial charge in [-0.2, -0.15) is 0 Å². The largest absolute Gasteiger partial charge is 0.492 e. The number of anilines is 1. The van der Waals surface area contributed by atoms with Crippen LogP contribution >= 0.6 is 0 Å². The summed E-state index contributed by atoms with van der Waals surface area (Å²) in [4.78, 5) is 0. The van der Waals surface area contributed by atoms with Gasteiger partial charge in [-0.25, -0.2) is 0 Å². The third-order valence-electron chi connectivity index (χ3n) is 3.63. The molecule has 2 aromatic carbocycles.